The van der Waals surface area contributed by atoms with E-state index in [2.05, 4.69) is 0 Å². The Kier molecular flexibility index (Phi) is 2.07. The topological polar surface area (TPSA) is 42.2 Å². The molecule has 14 heavy (non-hydrogen) atoms. The zero-order chi connectivity index (χ0) is 9.97. The van der Waals surface area contributed by atoms with Crippen LogP contribution >= 0.6 is 0 Å². The minimum atomic E-state index is 0.0101. The Balaban J connectivity index is 2.51. The van der Waals surface area contributed by atoms with E-state index in [9.17, 15) is 9.90 Å². The summed E-state index contributed by atoms with van der Waals surface area (Å²) in [5.41, 5.74) is 1.16. The largest absolute Gasteiger partial charge is 0.507 e. The Morgan fingerprint density at radius 3 is 2.57 bits per heavy atom. The second kappa shape index (κ2) is 3.38. The minimum absolute atomic E-state index is 0.0101. The number of phenolic OH excluding ortho intramolecular Hbond substituents is 1. The number of rotatable bonds is 2. The van der Waals surface area contributed by atoms with Crippen molar-refractivity contribution in [2.75, 3.05) is 0 Å². The van der Waals surface area contributed by atoms with Gasteiger partial charge < -0.3 is 9.67 Å². The molecule has 0 aliphatic carbocycles. The zero-order valence-electron chi connectivity index (χ0n) is 7.42. The molecule has 3 nitrogen and oxygen atoms in total. The van der Waals surface area contributed by atoms with E-state index in [-0.39, 0.29) is 5.75 Å². The van der Waals surface area contributed by atoms with Gasteiger partial charge in [0.05, 0.1) is 5.56 Å². The van der Waals surface area contributed by atoms with Gasteiger partial charge >= 0.3 is 0 Å². The third kappa shape index (κ3) is 1.40. The maximum atomic E-state index is 10.6. The Labute approximate surface area is 81.2 Å². The second-order valence-corrected chi connectivity index (χ2v) is 2.95. The molecule has 0 radical (unpaired) electrons. The van der Waals surface area contributed by atoms with Crippen LogP contribution in [-0.2, 0) is 0 Å². The number of aromatic nitrogens is 1. The highest BCUT2D eigenvalue weighted by Gasteiger charge is 2.01. The van der Waals surface area contributed by atoms with E-state index >= 15 is 0 Å². The molecule has 0 unspecified atom stereocenters. The number of benzene rings is 1. The highest BCUT2D eigenvalue weighted by molar-refractivity contribution is 5.80. The van der Waals surface area contributed by atoms with Crippen LogP contribution in [0.5, 0.6) is 5.75 Å². The average Bonchev–Trinajstić information content (AvgIpc) is 2.71. The standard InChI is InChI=1S/C11H9NO2/c13-8-9-7-10(3-4-11(9)14)12-5-1-2-6-12/h1-8,14H. The van der Waals surface area contributed by atoms with E-state index < -0.39 is 0 Å². The molecular weight excluding hydrogens is 178 g/mol. The molecule has 0 bridgehead atoms. The van der Waals surface area contributed by atoms with Crippen molar-refractivity contribution in [3.63, 3.8) is 0 Å². The Hall–Kier alpha value is -2.03. The van der Waals surface area contributed by atoms with Gasteiger partial charge in [-0.15, -0.1) is 0 Å². The van der Waals surface area contributed by atoms with Crippen LogP contribution in [0.25, 0.3) is 5.69 Å². The number of carbonyl (C=O) groups excluding carboxylic acids is 1. The maximum absolute atomic E-state index is 10.6. The first-order chi connectivity index (χ1) is 6.81. The number of aromatic hydroxyl groups is 1. The SMILES string of the molecule is O=Cc1cc(-n2cccc2)ccc1O. The van der Waals surface area contributed by atoms with Crippen molar-refractivity contribution in [3.05, 3.63) is 48.3 Å². The van der Waals surface area contributed by atoms with Crippen LogP contribution in [-0.4, -0.2) is 16.0 Å². The molecule has 1 aromatic heterocycles. The van der Waals surface area contributed by atoms with E-state index in [0.717, 1.165) is 5.69 Å². The van der Waals surface area contributed by atoms with Gasteiger partial charge in [0.2, 0.25) is 0 Å². The van der Waals surface area contributed by atoms with Crippen LogP contribution in [0.3, 0.4) is 0 Å². The lowest BCUT2D eigenvalue weighted by Crippen LogP contribution is -1.91. The number of carbonyl (C=O) groups is 1. The van der Waals surface area contributed by atoms with E-state index in [1.54, 1.807) is 12.1 Å². The number of hydrogen-bond donors (Lipinski definition) is 1. The molecule has 0 spiro atoms. The van der Waals surface area contributed by atoms with Gasteiger partial charge in [0.15, 0.2) is 6.29 Å². The summed E-state index contributed by atoms with van der Waals surface area (Å²) in [6, 6.07) is 8.70. The third-order valence-electron chi connectivity index (χ3n) is 2.04. The Bertz CT molecular complexity index is 446. The maximum Gasteiger partial charge on any atom is 0.153 e. The van der Waals surface area contributed by atoms with Gasteiger partial charge in [-0.05, 0) is 30.3 Å². The van der Waals surface area contributed by atoms with E-state index in [4.69, 9.17) is 0 Å². The number of hydrogen-bond acceptors (Lipinski definition) is 2. The molecule has 0 aliphatic heterocycles. The second-order valence-electron chi connectivity index (χ2n) is 2.95. The van der Waals surface area contributed by atoms with Crippen LogP contribution in [0.4, 0.5) is 0 Å². The molecule has 0 atom stereocenters. The predicted octanol–water partition coefficient (Wildman–Crippen LogP) is 2.00. The van der Waals surface area contributed by atoms with Crippen molar-refractivity contribution < 1.29 is 9.90 Å². The highest BCUT2D eigenvalue weighted by atomic mass is 16.3. The fourth-order valence-corrected chi connectivity index (χ4v) is 1.30. The van der Waals surface area contributed by atoms with Crippen molar-refractivity contribution in [2.24, 2.45) is 0 Å². The summed E-state index contributed by atoms with van der Waals surface area (Å²) in [5, 5.41) is 9.29. The van der Waals surface area contributed by atoms with E-state index in [0.29, 0.717) is 11.8 Å². The first-order valence-electron chi connectivity index (χ1n) is 4.23. The fraction of sp³-hybridized carbons (Fsp3) is 0. The van der Waals surface area contributed by atoms with Crippen LogP contribution in [0, 0.1) is 0 Å². The lowest BCUT2D eigenvalue weighted by Gasteiger charge is -2.04. The van der Waals surface area contributed by atoms with Crippen molar-refractivity contribution in [1.29, 1.82) is 0 Å². The first-order valence-corrected chi connectivity index (χ1v) is 4.23. The molecule has 0 saturated carbocycles. The highest BCUT2D eigenvalue weighted by Crippen LogP contribution is 2.18. The van der Waals surface area contributed by atoms with E-state index in [1.165, 1.54) is 6.07 Å². The predicted molar refractivity (Wildman–Crippen MR) is 52.8 cm³/mol. The Morgan fingerprint density at radius 2 is 1.93 bits per heavy atom. The van der Waals surface area contributed by atoms with Gasteiger partial charge in [-0.3, -0.25) is 4.79 Å². The zero-order valence-corrected chi connectivity index (χ0v) is 7.42. The van der Waals surface area contributed by atoms with Crippen LogP contribution in [0.15, 0.2) is 42.7 Å². The summed E-state index contributed by atoms with van der Waals surface area (Å²) < 4.78 is 1.87. The minimum Gasteiger partial charge on any atom is -0.507 e. The van der Waals surface area contributed by atoms with E-state index in [1.807, 2.05) is 29.1 Å². The summed E-state index contributed by atoms with van der Waals surface area (Å²) >= 11 is 0. The molecule has 2 aromatic rings. The summed E-state index contributed by atoms with van der Waals surface area (Å²) in [7, 11) is 0. The van der Waals surface area contributed by atoms with Gasteiger partial charge in [-0.25, -0.2) is 0 Å². The van der Waals surface area contributed by atoms with Crippen molar-refractivity contribution in [2.45, 2.75) is 0 Å². The first kappa shape index (κ1) is 8.56. The van der Waals surface area contributed by atoms with Crippen molar-refractivity contribution in [3.8, 4) is 11.4 Å². The van der Waals surface area contributed by atoms with Crippen molar-refractivity contribution >= 4 is 6.29 Å². The lowest BCUT2D eigenvalue weighted by molar-refractivity contribution is 0.112. The molecule has 1 heterocycles. The molecule has 0 saturated heterocycles. The van der Waals surface area contributed by atoms with Gasteiger partial charge in [-0.1, -0.05) is 0 Å². The molecule has 1 aromatic carbocycles. The molecule has 2 rings (SSSR count). The smallest absolute Gasteiger partial charge is 0.153 e. The van der Waals surface area contributed by atoms with Gasteiger partial charge in [0.25, 0.3) is 0 Å². The van der Waals surface area contributed by atoms with Crippen LogP contribution in [0.2, 0.25) is 0 Å². The average molecular weight is 187 g/mol. The molecule has 3 heteroatoms. The van der Waals surface area contributed by atoms with Crippen LogP contribution in [0.1, 0.15) is 10.4 Å². The number of phenols is 1. The lowest BCUT2D eigenvalue weighted by atomic mass is 10.2. The van der Waals surface area contributed by atoms with Crippen LogP contribution < -0.4 is 0 Å². The number of nitrogens with zero attached hydrogens (tertiary/aromatic N) is 1. The summed E-state index contributed by atoms with van der Waals surface area (Å²) in [5.74, 6) is 0.0101. The summed E-state index contributed by atoms with van der Waals surface area (Å²) in [4.78, 5) is 10.6. The van der Waals surface area contributed by atoms with Gasteiger partial charge in [0, 0.05) is 18.1 Å². The monoisotopic (exact) mass is 187 g/mol. The summed E-state index contributed by atoms with van der Waals surface area (Å²) in [6.45, 7) is 0. The van der Waals surface area contributed by atoms with Gasteiger partial charge in [-0.2, -0.15) is 0 Å². The quantitative estimate of drug-likeness (QED) is 0.730. The fourth-order valence-electron chi connectivity index (χ4n) is 1.30. The molecule has 70 valence electrons. The summed E-state index contributed by atoms with van der Waals surface area (Å²) in [6.07, 6.45) is 4.39. The normalized spacial score (nSPS) is 10.0. The van der Waals surface area contributed by atoms with Crippen molar-refractivity contribution in [1.82, 2.24) is 4.57 Å². The Morgan fingerprint density at radius 1 is 1.21 bits per heavy atom. The van der Waals surface area contributed by atoms with Gasteiger partial charge in [0.1, 0.15) is 5.75 Å². The molecule has 0 amide bonds. The molecular formula is C11H9NO2. The molecule has 0 fully saturated rings. The molecule has 1 N–H and O–H groups in total. The third-order valence-corrected chi connectivity index (χ3v) is 2.04. The number of aldehydes is 1. The molecule has 0 aliphatic rings.